The molecule has 3 N–H and O–H groups in total. The maximum atomic E-state index is 5.66. The maximum Gasteiger partial charge on any atom is 0.0630 e. The topological polar surface area (TPSA) is 41.8 Å². The second-order valence-corrected chi connectivity index (χ2v) is 4.12. The number of H-pyrrole nitrogens is 1. The molecule has 0 aliphatic heterocycles. The van der Waals surface area contributed by atoms with Crippen LogP contribution in [-0.4, -0.2) is 4.98 Å². The standard InChI is InChI=1S/C15H13N2/c16-10-11-2-1-3-12(8-11)13-4-5-15-14(9-13)6-7-17-15/h1-6,8-9,17H,10,16H2. The SMILES string of the molecule is NCc1cccc(-c2ccc3[nH][c]cc3c2)c1. The van der Waals surface area contributed by atoms with Gasteiger partial charge in [-0.3, -0.25) is 0 Å². The normalized spacial score (nSPS) is 10.9. The lowest BCUT2D eigenvalue weighted by atomic mass is 10.0. The molecule has 1 radical (unpaired) electrons. The Morgan fingerprint density at radius 3 is 2.82 bits per heavy atom. The third-order valence-corrected chi connectivity index (χ3v) is 2.98. The molecule has 0 saturated heterocycles. The number of nitrogens with one attached hydrogen (secondary N) is 1. The van der Waals surface area contributed by atoms with Gasteiger partial charge < -0.3 is 10.7 Å². The van der Waals surface area contributed by atoms with Gasteiger partial charge in [-0.25, -0.2) is 0 Å². The molecule has 2 heteroatoms. The number of fused-ring (bicyclic) bond motifs is 1. The summed E-state index contributed by atoms with van der Waals surface area (Å²) in [5, 5.41) is 1.18. The van der Waals surface area contributed by atoms with Gasteiger partial charge in [0.15, 0.2) is 0 Å². The minimum absolute atomic E-state index is 0.577. The fraction of sp³-hybridized carbons (Fsp3) is 0.0667. The minimum Gasteiger partial charge on any atom is -0.353 e. The van der Waals surface area contributed by atoms with Gasteiger partial charge in [-0.2, -0.15) is 0 Å². The average molecular weight is 221 g/mol. The van der Waals surface area contributed by atoms with Crippen LogP contribution in [-0.2, 0) is 6.54 Å². The molecule has 0 atom stereocenters. The van der Waals surface area contributed by atoms with Crippen LogP contribution in [0.4, 0.5) is 0 Å². The van der Waals surface area contributed by atoms with Crippen LogP contribution in [0, 0.1) is 6.20 Å². The van der Waals surface area contributed by atoms with E-state index in [0.29, 0.717) is 6.54 Å². The molecule has 3 aromatic rings. The van der Waals surface area contributed by atoms with E-state index in [1.807, 2.05) is 18.2 Å². The van der Waals surface area contributed by atoms with Gasteiger partial charge in [0.2, 0.25) is 0 Å². The van der Waals surface area contributed by atoms with E-state index in [0.717, 1.165) is 11.1 Å². The van der Waals surface area contributed by atoms with Gasteiger partial charge in [-0.05, 0) is 41.0 Å². The van der Waals surface area contributed by atoms with Crippen LogP contribution in [0.5, 0.6) is 0 Å². The molecule has 1 aromatic heterocycles. The minimum atomic E-state index is 0.577. The van der Waals surface area contributed by atoms with Crippen molar-refractivity contribution in [1.82, 2.24) is 4.98 Å². The van der Waals surface area contributed by atoms with Crippen LogP contribution >= 0.6 is 0 Å². The Kier molecular flexibility index (Phi) is 2.42. The van der Waals surface area contributed by atoms with Crippen LogP contribution in [0.15, 0.2) is 48.5 Å². The van der Waals surface area contributed by atoms with Gasteiger partial charge in [-0.1, -0.05) is 24.3 Å². The summed E-state index contributed by atoms with van der Waals surface area (Å²) in [6.45, 7) is 0.577. The molecule has 83 valence electrons. The highest BCUT2D eigenvalue weighted by atomic mass is 14.7. The summed E-state index contributed by atoms with van der Waals surface area (Å²) in [7, 11) is 0. The zero-order valence-corrected chi connectivity index (χ0v) is 9.40. The van der Waals surface area contributed by atoms with Crippen molar-refractivity contribution in [2.75, 3.05) is 0 Å². The molecule has 1 heterocycles. The molecule has 0 unspecified atom stereocenters. The third kappa shape index (κ3) is 1.83. The van der Waals surface area contributed by atoms with E-state index in [4.69, 9.17) is 5.73 Å². The fourth-order valence-corrected chi connectivity index (χ4v) is 2.04. The molecule has 2 aromatic carbocycles. The van der Waals surface area contributed by atoms with Gasteiger partial charge >= 0.3 is 0 Å². The summed E-state index contributed by atoms with van der Waals surface area (Å²) in [5.41, 5.74) is 10.3. The number of nitrogens with two attached hydrogens (primary N) is 1. The Labute approximate surface area is 100 Å². The van der Waals surface area contributed by atoms with Crippen molar-refractivity contribution in [2.24, 2.45) is 5.73 Å². The largest absolute Gasteiger partial charge is 0.353 e. The van der Waals surface area contributed by atoms with Crippen LogP contribution < -0.4 is 5.73 Å². The maximum absolute atomic E-state index is 5.66. The first-order chi connectivity index (χ1) is 8.36. The van der Waals surface area contributed by atoms with E-state index >= 15 is 0 Å². The summed E-state index contributed by atoms with van der Waals surface area (Å²) < 4.78 is 0. The fourth-order valence-electron chi connectivity index (χ4n) is 2.04. The zero-order valence-electron chi connectivity index (χ0n) is 9.40. The molecule has 0 aliphatic carbocycles. The van der Waals surface area contributed by atoms with E-state index in [2.05, 4.69) is 41.5 Å². The summed E-state index contributed by atoms with van der Waals surface area (Å²) >= 11 is 0. The smallest absolute Gasteiger partial charge is 0.0630 e. The van der Waals surface area contributed by atoms with Gasteiger partial charge in [0.1, 0.15) is 0 Å². The van der Waals surface area contributed by atoms with E-state index in [9.17, 15) is 0 Å². The second kappa shape index (κ2) is 4.07. The monoisotopic (exact) mass is 221 g/mol. The number of aromatic amines is 1. The highest BCUT2D eigenvalue weighted by Gasteiger charge is 2.01. The quantitative estimate of drug-likeness (QED) is 0.686. The zero-order chi connectivity index (χ0) is 11.7. The van der Waals surface area contributed by atoms with E-state index in [1.54, 1.807) is 0 Å². The number of hydrogen-bond acceptors (Lipinski definition) is 1. The Morgan fingerprint density at radius 1 is 1.06 bits per heavy atom. The first-order valence-corrected chi connectivity index (χ1v) is 5.65. The number of aromatic nitrogens is 1. The van der Waals surface area contributed by atoms with Crippen LogP contribution in [0.2, 0.25) is 0 Å². The van der Waals surface area contributed by atoms with Crippen molar-refractivity contribution in [3.05, 3.63) is 60.3 Å². The molecule has 3 rings (SSSR count). The van der Waals surface area contributed by atoms with Crippen molar-refractivity contribution >= 4 is 10.9 Å². The predicted molar refractivity (Wildman–Crippen MR) is 70.5 cm³/mol. The van der Waals surface area contributed by atoms with Crippen molar-refractivity contribution < 1.29 is 0 Å². The summed E-state index contributed by atoms with van der Waals surface area (Å²) in [6.07, 6.45) is 2.99. The Hall–Kier alpha value is -2.06. The van der Waals surface area contributed by atoms with Crippen LogP contribution in [0.3, 0.4) is 0 Å². The van der Waals surface area contributed by atoms with E-state index in [1.165, 1.54) is 16.5 Å². The summed E-state index contributed by atoms with van der Waals surface area (Å²) in [5.74, 6) is 0. The molecule has 0 saturated carbocycles. The van der Waals surface area contributed by atoms with Crippen LogP contribution in [0.25, 0.3) is 22.0 Å². The number of hydrogen-bond donors (Lipinski definition) is 2. The van der Waals surface area contributed by atoms with Crippen molar-refractivity contribution in [2.45, 2.75) is 6.54 Å². The Balaban J connectivity index is 2.12. The number of rotatable bonds is 2. The lowest BCUT2D eigenvalue weighted by Gasteiger charge is -2.04. The second-order valence-electron chi connectivity index (χ2n) is 4.12. The van der Waals surface area contributed by atoms with Crippen molar-refractivity contribution in [3.63, 3.8) is 0 Å². The van der Waals surface area contributed by atoms with Gasteiger partial charge in [0, 0.05) is 17.4 Å². The van der Waals surface area contributed by atoms with Gasteiger partial charge in [0.25, 0.3) is 0 Å². The molecule has 0 fully saturated rings. The van der Waals surface area contributed by atoms with Crippen molar-refractivity contribution in [3.8, 4) is 11.1 Å². The molecular formula is C15H13N2. The van der Waals surface area contributed by atoms with Gasteiger partial charge in [-0.15, -0.1) is 0 Å². The molecule has 0 bridgehead atoms. The summed E-state index contributed by atoms with van der Waals surface area (Å²) in [6, 6.07) is 16.7. The highest BCUT2D eigenvalue weighted by molar-refractivity contribution is 5.84. The van der Waals surface area contributed by atoms with E-state index in [-0.39, 0.29) is 0 Å². The highest BCUT2D eigenvalue weighted by Crippen LogP contribution is 2.24. The Morgan fingerprint density at radius 2 is 1.94 bits per heavy atom. The molecule has 0 aliphatic rings. The molecule has 17 heavy (non-hydrogen) atoms. The van der Waals surface area contributed by atoms with Crippen LogP contribution in [0.1, 0.15) is 5.56 Å². The Bertz CT molecular complexity index is 653. The first kappa shape index (κ1) is 10.1. The number of benzene rings is 2. The lowest BCUT2D eigenvalue weighted by Crippen LogP contribution is -1.95. The third-order valence-electron chi connectivity index (χ3n) is 2.98. The van der Waals surface area contributed by atoms with Gasteiger partial charge in [0.05, 0.1) is 6.20 Å². The molecular weight excluding hydrogens is 208 g/mol. The summed E-state index contributed by atoms with van der Waals surface area (Å²) in [4.78, 5) is 3.08. The lowest BCUT2D eigenvalue weighted by molar-refractivity contribution is 1.07. The first-order valence-electron chi connectivity index (χ1n) is 5.65. The molecule has 0 amide bonds. The predicted octanol–water partition coefficient (Wildman–Crippen LogP) is 3.09. The average Bonchev–Trinajstić information content (AvgIpc) is 2.86. The molecule has 2 nitrogen and oxygen atoms in total. The van der Waals surface area contributed by atoms with E-state index < -0.39 is 0 Å². The molecule has 0 spiro atoms. The van der Waals surface area contributed by atoms with Crippen molar-refractivity contribution in [1.29, 1.82) is 0 Å².